The summed E-state index contributed by atoms with van der Waals surface area (Å²) in [7, 11) is 0. The van der Waals surface area contributed by atoms with Crippen molar-refractivity contribution in [2.24, 2.45) is 0 Å². The molecular weight excluding hydrogens is 126 g/mol. The Bertz CT molecular complexity index is 260. The van der Waals surface area contributed by atoms with Crippen LogP contribution in [0, 0.1) is 0 Å². The molecule has 3 nitrogen and oxygen atoms in total. The van der Waals surface area contributed by atoms with E-state index >= 15 is 0 Å². The minimum absolute atomic E-state index is 0.618. The van der Waals surface area contributed by atoms with Gasteiger partial charge in [-0.25, -0.2) is 0 Å². The van der Waals surface area contributed by atoms with Gasteiger partial charge in [0.25, 0.3) is 0 Å². The van der Waals surface area contributed by atoms with Gasteiger partial charge in [-0.1, -0.05) is 0 Å². The van der Waals surface area contributed by atoms with E-state index in [0.717, 1.165) is 12.5 Å². The molecule has 2 atom stereocenters. The van der Waals surface area contributed by atoms with E-state index in [-0.39, 0.29) is 0 Å². The number of rotatable bonds is 0. The molecule has 0 saturated carbocycles. The zero-order valence-electron chi connectivity index (χ0n) is 5.59. The third kappa shape index (κ3) is 0.431. The van der Waals surface area contributed by atoms with Crippen molar-refractivity contribution in [1.29, 1.82) is 0 Å². The molecule has 0 radical (unpaired) electrons. The van der Waals surface area contributed by atoms with E-state index in [1.807, 2.05) is 6.20 Å². The zero-order valence-corrected chi connectivity index (χ0v) is 5.59. The molecule has 10 heavy (non-hydrogen) atoms. The Morgan fingerprint density at radius 1 is 1.60 bits per heavy atom. The van der Waals surface area contributed by atoms with Crippen LogP contribution in [-0.4, -0.2) is 16.2 Å². The number of H-pyrrole nitrogens is 1. The normalized spacial score (nSPS) is 34.8. The summed E-state index contributed by atoms with van der Waals surface area (Å²) in [5, 5.41) is 10.5. The van der Waals surface area contributed by atoms with E-state index in [0.29, 0.717) is 6.04 Å². The Hall–Kier alpha value is -0.830. The minimum atomic E-state index is 0.618. The van der Waals surface area contributed by atoms with Crippen molar-refractivity contribution in [3.63, 3.8) is 0 Å². The van der Waals surface area contributed by atoms with Gasteiger partial charge in [-0.2, -0.15) is 5.10 Å². The number of nitrogens with zero attached hydrogens (tertiary/aromatic N) is 1. The van der Waals surface area contributed by atoms with Crippen LogP contribution in [0.4, 0.5) is 0 Å². The highest BCUT2D eigenvalue weighted by atomic mass is 15.1. The molecule has 2 N–H and O–H groups in total. The Balaban J connectivity index is 2.17. The van der Waals surface area contributed by atoms with Gasteiger partial charge in [0, 0.05) is 29.8 Å². The molecule has 2 bridgehead atoms. The number of aromatic amines is 1. The van der Waals surface area contributed by atoms with Crippen molar-refractivity contribution in [2.45, 2.75) is 24.9 Å². The van der Waals surface area contributed by atoms with Crippen LogP contribution in [0.1, 0.15) is 23.7 Å². The Morgan fingerprint density at radius 3 is 3.30 bits per heavy atom. The van der Waals surface area contributed by atoms with Crippen LogP contribution >= 0.6 is 0 Å². The lowest BCUT2D eigenvalue weighted by Crippen LogP contribution is -2.51. The monoisotopic (exact) mass is 135 g/mol. The largest absolute Gasteiger partial charge is 0.307 e. The number of hydrogen-bond donors (Lipinski definition) is 2. The first kappa shape index (κ1) is 4.91. The van der Waals surface area contributed by atoms with Gasteiger partial charge in [-0.3, -0.25) is 5.10 Å². The zero-order chi connectivity index (χ0) is 6.55. The molecule has 0 amide bonds. The van der Waals surface area contributed by atoms with E-state index in [2.05, 4.69) is 15.5 Å². The molecule has 3 aliphatic rings. The summed E-state index contributed by atoms with van der Waals surface area (Å²) in [4.78, 5) is 0. The van der Waals surface area contributed by atoms with Crippen LogP contribution in [0.2, 0.25) is 0 Å². The van der Waals surface area contributed by atoms with Crippen LogP contribution in [0.5, 0.6) is 0 Å². The van der Waals surface area contributed by atoms with Gasteiger partial charge < -0.3 is 5.32 Å². The Morgan fingerprint density at radius 2 is 2.50 bits per heavy atom. The molecule has 0 spiro atoms. The number of hydrogen-bond acceptors (Lipinski definition) is 2. The van der Waals surface area contributed by atoms with Gasteiger partial charge >= 0.3 is 0 Å². The van der Waals surface area contributed by atoms with Gasteiger partial charge in [-0.15, -0.1) is 0 Å². The highest BCUT2D eigenvalue weighted by molar-refractivity contribution is 5.29. The Kier molecular flexibility index (Phi) is 0.699. The van der Waals surface area contributed by atoms with Crippen molar-refractivity contribution >= 4 is 0 Å². The van der Waals surface area contributed by atoms with Crippen LogP contribution in [0.15, 0.2) is 6.20 Å². The molecule has 1 saturated heterocycles. The summed E-state index contributed by atoms with van der Waals surface area (Å²) in [5.41, 5.74) is 2.74. The molecular formula is C7H9N3. The van der Waals surface area contributed by atoms with Gasteiger partial charge in [0.05, 0.1) is 6.20 Å². The fourth-order valence-electron chi connectivity index (χ4n) is 1.94. The van der Waals surface area contributed by atoms with Crippen LogP contribution in [-0.2, 0) is 6.42 Å². The first-order valence-corrected chi connectivity index (χ1v) is 3.71. The number of aromatic nitrogens is 2. The highest BCUT2D eigenvalue weighted by Gasteiger charge is 2.37. The van der Waals surface area contributed by atoms with E-state index in [1.165, 1.54) is 17.7 Å². The molecule has 52 valence electrons. The second kappa shape index (κ2) is 1.42. The smallest absolute Gasteiger partial charge is 0.0538 e. The summed E-state index contributed by atoms with van der Waals surface area (Å²) in [6.07, 6.45) is 4.40. The van der Waals surface area contributed by atoms with E-state index in [1.54, 1.807) is 0 Å². The molecule has 4 rings (SSSR count). The molecule has 1 aromatic heterocycles. The lowest BCUT2D eigenvalue weighted by atomic mass is 9.81. The van der Waals surface area contributed by atoms with E-state index < -0.39 is 0 Å². The molecule has 0 aromatic carbocycles. The third-order valence-electron chi connectivity index (χ3n) is 2.53. The van der Waals surface area contributed by atoms with Crippen LogP contribution < -0.4 is 5.32 Å². The predicted octanol–water partition coefficient (Wildman–Crippen LogP) is 0.369. The summed E-state index contributed by atoms with van der Waals surface area (Å²) in [5.74, 6) is 0. The number of nitrogens with one attached hydrogen (secondary N) is 2. The molecule has 1 fully saturated rings. The quantitative estimate of drug-likeness (QED) is 0.539. The standard InChI is InChI=1S/C7H9N3/c1-4-2-7-5(3-8-10-7)6(1)9-4/h3-4,6,9H,1-2H2,(H,8,10). The molecule has 1 aromatic rings. The maximum absolute atomic E-state index is 4.02. The fourth-order valence-corrected chi connectivity index (χ4v) is 1.94. The fraction of sp³-hybridized carbons (Fsp3) is 0.571. The second-order valence-corrected chi connectivity index (χ2v) is 3.16. The lowest BCUT2D eigenvalue weighted by molar-refractivity contribution is 0.241. The van der Waals surface area contributed by atoms with Crippen LogP contribution in [0.3, 0.4) is 0 Å². The average Bonchev–Trinajstić information content (AvgIpc) is 2.29. The highest BCUT2D eigenvalue weighted by Crippen LogP contribution is 2.36. The molecule has 2 unspecified atom stereocenters. The van der Waals surface area contributed by atoms with Crippen molar-refractivity contribution in [2.75, 3.05) is 0 Å². The van der Waals surface area contributed by atoms with E-state index in [4.69, 9.17) is 0 Å². The third-order valence-corrected chi connectivity index (χ3v) is 2.53. The molecule has 3 heteroatoms. The van der Waals surface area contributed by atoms with E-state index in [9.17, 15) is 0 Å². The lowest BCUT2D eigenvalue weighted by Gasteiger charge is -2.41. The first-order valence-electron chi connectivity index (χ1n) is 3.71. The summed E-state index contributed by atoms with van der Waals surface area (Å²) in [6, 6.07) is 1.35. The maximum atomic E-state index is 4.02. The second-order valence-electron chi connectivity index (χ2n) is 3.16. The van der Waals surface area contributed by atoms with Crippen molar-refractivity contribution in [1.82, 2.24) is 15.5 Å². The maximum Gasteiger partial charge on any atom is 0.0538 e. The van der Waals surface area contributed by atoms with Crippen molar-refractivity contribution < 1.29 is 0 Å². The topological polar surface area (TPSA) is 40.7 Å². The minimum Gasteiger partial charge on any atom is -0.307 e. The summed E-state index contributed by atoms with van der Waals surface area (Å²) < 4.78 is 0. The molecule has 2 aliphatic heterocycles. The van der Waals surface area contributed by atoms with Crippen molar-refractivity contribution in [3.05, 3.63) is 17.5 Å². The van der Waals surface area contributed by atoms with Gasteiger partial charge in [0.1, 0.15) is 0 Å². The predicted molar refractivity (Wildman–Crippen MR) is 36.6 cm³/mol. The van der Waals surface area contributed by atoms with Gasteiger partial charge in [0.15, 0.2) is 0 Å². The van der Waals surface area contributed by atoms with Crippen LogP contribution in [0.25, 0.3) is 0 Å². The van der Waals surface area contributed by atoms with Crippen molar-refractivity contribution in [3.8, 4) is 0 Å². The first-order chi connectivity index (χ1) is 4.93. The Labute approximate surface area is 58.8 Å². The summed E-state index contributed by atoms with van der Waals surface area (Å²) in [6.45, 7) is 0. The molecule has 1 aliphatic carbocycles. The van der Waals surface area contributed by atoms with Gasteiger partial charge in [0.2, 0.25) is 0 Å². The SMILES string of the molecule is c1n[nH]c2c1C1CC(C2)N1. The van der Waals surface area contributed by atoms with Gasteiger partial charge in [-0.05, 0) is 6.42 Å². The summed E-state index contributed by atoms with van der Waals surface area (Å²) >= 11 is 0. The molecule has 3 heterocycles. The average molecular weight is 135 g/mol.